The first-order valence-electron chi connectivity index (χ1n) is 10.7. The van der Waals surface area contributed by atoms with Crippen LogP contribution < -0.4 is 20.1 Å². The van der Waals surface area contributed by atoms with Crippen molar-refractivity contribution in [2.75, 3.05) is 19.0 Å². The van der Waals surface area contributed by atoms with Crippen LogP contribution in [-0.2, 0) is 16.0 Å². The minimum Gasteiger partial charge on any atom is -0.493 e. The molecular formula is C23H33N3O4S. The first-order valence-corrected chi connectivity index (χ1v) is 11.6. The number of benzene rings is 1. The van der Waals surface area contributed by atoms with Crippen molar-refractivity contribution in [3.8, 4) is 11.5 Å². The normalized spacial score (nSPS) is 11.8. The number of anilines is 1. The lowest BCUT2D eigenvalue weighted by Gasteiger charge is -2.17. The van der Waals surface area contributed by atoms with Crippen molar-refractivity contribution in [2.45, 2.75) is 59.4 Å². The van der Waals surface area contributed by atoms with E-state index in [1.165, 1.54) is 11.3 Å². The number of carbonyl (C=O) groups excluding carboxylic acids is 2. The molecule has 1 atom stereocenters. The van der Waals surface area contributed by atoms with Crippen LogP contribution in [0, 0.1) is 5.92 Å². The quantitative estimate of drug-likeness (QED) is 0.459. The molecule has 0 saturated carbocycles. The maximum absolute atomic E-state index is 12.5. The Morgan fingerprint density at radius 1 is 1.16 bits per heavy atom. The second kappa shape index (κ2) is 12.3. The van der Waals surface area contributed by atoms with Gasteiger partial charge < -0.3 is 20.1 Å². The average molecular weight is 448 g/mol. The lowest BCUT2D eigenvalue weighted by Crippen LogP contribution is -2.28. The van der Waals surface area contributed by atoms with Crippen molar-refractivity contribution < 1.29 is 19.1 Å². The molecule has 2 rings (SSSR count). The Kier molecular flexibility index (Phi) is 9.78. The standard InChI is InChI=1S/C23H33N3O4S/c1-6-7-8-11-30-19-10-9-17(12-20(19)29-5)16(4)24-21(27)13-18-14-31-23(25-18)26-22(28)15(2)3/h9-10,12,14-16H,6-8,11,13H2,1-5H3,(H,24,27)(H,25,26,28). The third kappa shape index (κ3) is 7.86. The molecule has 0 fully saturated rings. The van der Waals surface area contributed by atoms with Gasteiger partial charge in [0.15, 0.2) is 16.6 Å². The van der Waals surface area contributed by atoms with Crippen LogP contribution in [0.15, 0.2) is 23.6 Å². The molecule has 1 aromatic carbocycles. The van der Waals surface area contributed by atoms with Gasteiger partial charge in [0.05, 0.1) is 31.9 Å². The van der Waals surface area contributed by atoms with Crippen LogP contribution in [0.3, 0.4) is 0 Å². The molecule has 31 heavy (non-hydrogen) atoms. The van der Waals surface area contributed by atoms with Gasteiger partial charge in [-0.15, -0.1) is 11.3 Å². The minimum atomic E-state index is -0.200. The van der Waals surface area contributed by atoms with E-state index in [1.54, 1.807) is 12.5 Å². The van der Waals surface area contributed by atoms with Crippen LogP contribution in [0.1, 0.15) is 64.3 Å². The monoisotopic (exact) mass is 447 g/mol. The zero-order valence-corrected chi connectivity index (χ0v) is 19.8. The Labute approximate surface area is 188 Å². The predicted molar refractivity (Wildman–Crippen MR) is 124 cm³/mol. The van der Waals surface area contributed by atoms with E-state index in [0.717, 1.165) is 24.8 Å². The van der Waals surface area contributed by atoms with Crippen molar-refractivity contribution in [1.29, 1.82) is 0 Å². The maximum Gasteiger partial charge on any atom is 0.228 e. The van der Waals surface area contributed by atoms with Crippen LogP contribution in [0.25, 0.3) is 0 Å². The SMILES string of the molecule is CCCCCOc1ccc(C(C)NC(=O)Cc2csc(NC(=O)C(C)C)n2)cc1OC. The molecule has 2 amide bonds. The molecule has 2 aromatic rings. The molecule has 7 nitrogen and oxygen atoms in total. The molecule has 0 bridgehead atoms. The van der Waals surface area contributed by atoms with Gasteiger partial charge >= 0.3 is 0 Å². The Bertz CT molecular complexity index is 866. The molecule has 0 spiro atoms. The molecule has 0 radical (unpaired) electrons. The van der Waals surface area contributed by atoms with Crippen molar-refractivity contribution in [1.82, 2.24) is 10.3 Å². The van der Waals surface area contributed by atoms with Gasteiger partial charge in [-0.1, -0.05) is 39.7 Å². The molecule has 2 N–H and O–H groups in total. The second-order valence-corrected chi connectivity index (χ2v) is 8.58. The minimum absolute atomic E-state index is 0.0919. The van der Waals surface area contributed by atoms with E-state index in [4.69, 9.17) is 9.47 Å². The highest BCUT2D eigenvalue weighted by atomic mass is 32.1. The summed E-state index contributed by atoms with van der Waals surface area (Å²) >= 11 is 1.31. The van der Waals surface area contributed by atoms with Gasteiger partial charge in [-0.25, -0.2) is 4.98 Å². The molecule has 1 heterocycles. The van der Waals surface area contributed by atoms with Gasteiger partial charge in [-0.3, -0.25) is 9.59 Å². The topological polar surface area (TPSA) is 89.6 Å². The van der Waals surface area contributed by atoms with Crippen molar-refractivity contribution in [3.05, 3.63) is 34.8 Å². The first kappa shape index (κ1) is 24.7. The number of nitrogens with zero attached hydrogens (tertiary/aromatic N) is 1. The Morgan fingerprint density at radius 2 is 1.94 bits per heavy atom. The molecule has 1 unspecified atom stereocenters. The largest absolute Gasteiger partial charge is 0.493 e. The van der Waals surface area contributed by atoms with Crippen molar-refractivity contribution >= 4 is 28.3 Å². The Hall–Kier alpha value is -2.61. The Balaban J connectivity index is 1.92. The highest BCUT2D eigenvalue weighted by Crippen LogP contribution is 2.30. The number of methoxy groups -OCH3 is 1. The number of thiazole rings is 1. The number of hydrogen-bond donors (Lipinski definition) is 2. The molecule has 0 aliphatic rings. The van der Waals surface area contributed by atoms with Crippen molar-refractivity contribution in [2.24, 2.45) is 5.92 Å². The van der Waals surface area contributed by atoms with Crippen LogP contribution in [-0.4, -0.2) is 30.5 Å². The molecule has 1 aromatic heterocycles. The number of rotatable bonds is 12. The number of aromatic nitrogens is 1. The van der Waals surface area contributed by atoms with Crippen LogP contribution in [0.2, 0.25) is 0 Å². The summed E-state index contributed by atoms with van der Waals surface area (Å²) in [6.07, 6.45) is 3.43. The number of ether oxygens (including phenoxy) is 2. The van der Waals surface area contributed by atoms with Gasteiger partial charge in [0.2, 0.25) is 11.8 Å². The fourth-order valence-electron chi connectivity index (χ4n) is 2.84. The molecule has 8 heteroatoms. The van der Waals surface area contributed by atoms with Crippen LogP contribution in [0.5, 0.6) is 11.5 Å². The maximum atomic E-state index is 12.5. The summed E-state index contributed by atoms with van der Waals surface area (Å²) < 4.78 is 11.3. The molecule has 0 aliphatic carbocycles. The van der Waals surface area contributed by atoms with E-state index in [9.17, 15) is 9.59 Å². The fraction of sp³-hybridized carbons (Fsp3) is 0.522. The third-order valence-electron chi connectivity index (χ3n) is 4.72. The van der Waals surface area contributed by atoms with Gasteiger partial charge in [0.25, 0.3) is 0 Å². The summed E-state index contributed by atoms with van der Waals surface area (Å²) in [4.78, 5) is 28.6. The molecule has 0 aliphatic heterocycles. The number of carbonyl (C=O) groups is 2. The van der Waals surface area contributed by atoms with Gasteiger partial charge in [0.1, 0.15) is 0 Å². The van der Waals surface area contributed by atoms with E-state index >= 15 is 0 Å². The molecular weight excluding hydrogens is 414 g/mol. The lowest BCUT2D eigenvalue weighted by atomic mass is 10.1. The average Bonchev–Trinajstić information content (AvgIpc) is 3.17. The second-order valence-electron chi connectivity index (χ2n) is 7.72. The van der Waals surface area contributed by atoms with Crippen molar-refractivity contribution in [3.63, 3.8) is 0 Å². The molecule has 0 saturated heterocycles. The fourth-order valence-corrected chi connectivity index (χ4v) is 3.56. The highest BCUT2D eigenvalue weighted by Gasteiger charge is 2.15. The third-order valence-corrected chi connectivity index (χ3v) is 5.53. The number of amides is 2. The van der Waals surface area contributed by atoms with E-state index in [-0.39, 0.29) is 30.2 Å². The number of unbranched alkanes of at least 4 members (excludes halogenated alkanes) is 2. The highest BCUT2D eigenvalue weighted by molar-refractivity contribution is 7.13. The van der Waals surface area contributed by atoms with Gasteiger partial charge in [0, 0.05) is 11.3 Å². The lowest BCUT2D eigenvalue weighted by molar-refractivity contribution is -0.121. The van der Waals surface area contributed by atoms with E-state index in [1.807, 2.05) is 39.0 Å². The zero-order chi connectivity index (χ0) is 22.8. The number of nitrogens with one attached hydrogen (secondary N) is 2. The smallest absolute Gasteiger partial charge is 0.228 e. The zero-order valence-electron chi connectivity index (χ0n) is 19.0. The summed E-state index contributed by atoms with van der Waals surface area (Å²) in [6, 6.07) is 5.51. The van der Waals surface area contributed by atoms with E-state index in [2.05, 4.69) is 22.5 Å². The number of hydrogen-bond acceptors (Lipinski definition) is 6. The van der Waals surface area contributed by atoms with Gasteiger partial charge in [-0.05, 0) is 31.0 Å². The summed E-state index contributed by atoms with van der Waals surface area (Å²) in [5, 5.41) is 8.03. The van der Waals surface area contributed by atoms with Gasteiger partial charge in [-0.2, -0.15) is 0 Å². The van der Waals surface area contributed by atoms with Crippen LogP contribution in [0.4, 0.5) is 5.13 Å². The summed E-state index contributed by atoms with van der Waals surface area (Å²) in [6.45, 7) is 8.37. The van der Waals surface area contributed by atoms with E-state index in [0.29, 0.717) is 28.9 Å². The van der Waals surface area contributed by atoms with E-state index < -0.39 is 0 Å². The first-order chi connectivity index (χ1) is 14.8. The summed E-state index contributed by atoms with van der Waals surface area (Å²) in [7, 11) is 1.61. The molecule has 170 valence electrons. The summed E-state index contributed by atoms with van der Waals surface area (Å²) in [5.74, 6) is 1.00. The summed E-state index contributed by atoms with van der Waals surface area (Å²) in [5.41, 5.74) is 1.55. The Morgan fingerprint density at radius 3 is 2.61 bits per heavy atom. The predicted octanol–water partition coefficient (Wildman–Crippen LogP) is 4.74. The van der Waals surface area contributed by atoms with Crippen LogP contribution >= 0.6 is 11.3 Å².